The molecule has 0 aliphatic carbocycles. The van der Waals surface area contributed by atoms with Gasteiger partial charge in [-0.2, -0.15) is 0 Å². The molecule has 1 aliphatic rings. The molecule has 0 aromatic rings. The standard InChI is InChI=1S/C13H22N2O6/c1-20-8-9-4-3-5-15(7-9)13(19)14-10(12(17)18)6-11(16)21-2/h9-10H,3-8H2,1-2H3,(H,14,19)(H,17,18)/t9?,10-/m0/s1. The van der Waals surface area contributed by atoms with Crippen LogP contribution in [0, 0.1) is 5.92 Å². The summed E-state index contributed by atoms with van der Waals surface area (Å²) < 4.78 is 9.51. The van der Waals surface area contributed by atoms with Crippen LogP contribution in [0.5, 0.6) is 0 Å². The number of methoxy groups -OCH3 is 2. The van der Waals surface area contributed by atoms with Crippen LogP contribution in [0.15, 0.2) is 0 Å². The molecular formula is C13H22N2O6. The average molecular weight is 302 g/mol. The van der Waals surface area contributed by atoms with Crippen molar-refractivity contribution in [2.75, 3.05) is 33.9 Å². The van der Waals surface area contributed by atoms with Crippen molar-refractivity contribution < 1.29 is 29.0 Å². The summed E-state index contributed by atoms with van der Waals surface area (Å²) in [4.78, 5) is 35.9. The molecule has 1 rings (SSSR count). The molecule has 0 radical (unpaired) electrons. The lowest BCUT2D eigenvalue weighted by Crippen LogP contribution is -2.51. The van der Waals surface area contributed by atoms with E-state index in [1.165, 1.54) is 7.11 Å². The van der Waals surface area contributed by atoms with E-state index in [0.717, 1.165) is 12.8 Å². The molecule has 8 heteroatoms. The quantitative estimate of drug-likeness (QED) is 0.673. The fourth-order valence-corrected chi connectivity index (χ4v) is 2.31. The maximum absolute atomic E-state index is 12.1. The number of carboxylic acid groups (broad SMARTS) is 1. The minimum atomic E-state index is -1.28. The molecule has 0 aromatic heterocycles. The number of hydrogen-bond acceptors (Lipinski definition) is 5. The van der Waals surface area contributed by atoms with Gasteiger partial charge in [0.25, 0.3) is 0 Å². The Morgan fingerprint density at radius 3 is 2.67 bits per heavy atom. The van der Waals surface area contributed by atoms with Crippen LogP contribution in [0.4, 0.5) is 4.79 Å². The Kier molecular flexibility index (Phi) is 6.93. The van der Waals surface area contributed by atoms with Crippen molar-refractivity contribution in [3.63, 3.8) is 0 Å². The third kappa shape index (κ3) is 5.58. The second kappa shape index (κ2) is 8.46. The van der Waals surface area contributed by atoms with Crippen LogP contribution < -0.4 is 5.32 Å². The van der Waals surface area contributed by atoms with Crippen LogP contribution >= 0.6 is 0 Å². The van der Waals surface area contributed by atoms with Crippen molar-refractivity contribution in [1.82, 2.24) is 10.2 Å². The number of urea groups is 1. The zero-order chi connectivity index (χ0) is 15.8. The van der Waals surface area contributed by atoms with Gasteiger partial charge in [-0.25, -0.2) is 9.59 Å². The molecule has 2 N–H and O–H groups in total. The summed E-state index contributed by atoms with van der Waals surface area (Å²) in [5.74, 6) is -1.70. The van der Waals surface area contributed by atoms with Crippen LogP contribution in [0.25, 0.3) is 0 Å². The van der Waals surface area contributed by atoms with Gasteiger partial charge in [-0.05, 0) is 12.8 Å². The molecule has 1 aliphatic heterocycles. The molecule has 8 nitrogen and oxygen atoms in total. The van der Waals surface area contributed by atoms with Gasteiger partial charge in [0.2, 0.25) is 0 Å². The molecule has 0 spiro atoms. The summed E-state index contributed by atoms with van der Waals surface area (Å²) >= 11 is 0. The maximum atomic E-state index is 12.1. The van der Waals surface area contributed by atoms with E-state index in [4.69, 9.17) is 9.84 Å². The number of nitrogens with zero attached hydrogens (tertiary/aromatic N) is 1. The van der Waals surface area contributed by atoms with E-state index < -0.39 is 30.4 Å². The summed E-state index contributed by atoms with van der Waals surface area (Å²) in [6, 6.07) is -1.76. The van der Waals surface area contributed by atoms with Crippen molar-refractivity contribution in [2.45, 2.75) is 25.3 Å². The molecule has 120 valence electrons. The molecule has 1 heterocycles. The number of carbonyl (C=O) groups excluding carboxylic acids is 2. The van der Waals surface area contributed by atoms with Crippen LogP contribution in [0.2, 0.25) is 0 Å². The molecule has 1 saturated heterocycles. The zero-order valence-electron chi connectivity index (χ0n) is 12.3. The monoisotopic (exact) mass is 302 g/mol. The Bertz CT molecular complexity index is 385. The lowest BCUT2D eigenvalue weighted by Gasteiger charge is -2.33. The SMILES string of the molecule is COCC1CCCN(C(=O)N[C@@H](CC(=O)OC)C(=O)O)C1. The molecule has 0 aromatic carbocycles. The summed E-state index contributed by atoms with van der Waals surface area (Å²) in [6.07, 6.45) is 1.42. The van der Waals surface area contributed by atoms with Crippen LogP contribution in [-0.4, -0.2) is 67.9 Å². The van der Waals surface area contributed by atoms with E-state index in [-0.39, 0.29) is 5.92 Å². The second-order valence-corrected chi connectivity index (χ2v) is 5.03. The van der Waals surface area contributed by atoms with E-state index in [1.54, 1.807) is 12.0 Å². The van der Waals surface area contributed by atoms with E-state index >= 15 is 0 Å². The van der Waals surface area contributed by atoms with Gasteiger partial charge < -0.3 is 24.8 Å². The van der Waals surface area contributed by atoms with Gasteiger partial charge in [0.1, 0.15) is 6.04 Å². The number of aliphatic carboxylic acids is 1. The number of carbonyl (C=O) groups is 3. The number of carboxylic acids is 1. The molecule has 1 fully saturated rings. The molecular weight excluding hydrogens is 280 g/mol. The van der Waals surface area contributed by atoms with Gasteiger partial charge >= 0.3 is 18.0 Å². The first kappa shape index (κ1) is 17.2. The highest BCUT2D eigenvalue weighted by Gasteiger charge is 2.28. The van der Waals surface area contributed by atoms with E-state index in [9.17, 15) is 14.4 Å². The van der Waals surface area contributed by atoms with E-state index in [0.29, 0.717) is 19.7 Å². The molecule has 2 atom stereocenters. The molecule has 21 heavy (non-hydrogen) atoms. The Morgan fingerprint density at radius 2 is 2.10 bits per heavy atom. The van der Waals surface area contributed by atoms with E-state index in [1.807, 2.05) is 0 Å². The number of likely N-dealkylation sites (tertiary alicyclic amines) is 1. The average Bonchev–Trinajstić information content (AvgIpc) is 2.46. The Balaban J connectivity index is 2.56. The van der Waals surface area contributed by atoms with Crippen LogP contribution in [0.1, 0.15) is 19.3 Å². The Labute approximate surface area is 123 Å². The van der Waals surface area contributed by atoms with Crippen LogP contribution in [0.3, 0.4) is 0 Å². The fourth-order valence-electron chi connectivity index (χ4n) is 2.31. The fraction of sp³-hybridized carbons (Fsp3) is 0.769. The first-order valence-corrected chi connectivity index (χ1v) is 6.82. The predicted octanol–water partition coefficient (Wildman–Crippen LogP) is 0.0707. The van der Waals surface area contributed by atoms with Gasteiger partial charge in [0.05, 0.1) is 20.1 Å². The number of piperidine rings is 1. The number of hydrogen-bond donors (Lipinski definition) is 2. The number of ether oxygens (including phenoxy) is 2. The van der Waals surface area contributed by atoms with Gasteiger partial charge in [-0.3, -0.25) is 4.79 Å². The third-order valence-electron chi connectivity index (χ3n) is 3.40. The van der Waals surface area contributed by atoms with Gasteiger partial charge in [0, 0.05) is 26.1 Å². The van der Waals surface area contributed by atoms with E-state index in [2.05, 4.69) is 10.1 Å². The van der Waals surface area contributed by atoms with Gasteiger partial charge in [-0.1, -0.05) is 0 Å². The van der Waals surface area contributed by atoms with Crippen molar-refractivity contribution in [3.8, 4) is 0 Å². The largest absolute Gasteiger partial charge is 0.480 e. The van der Waals surface area contributed by atoms with Crippen molar-refractivity contribution in [1.29, 1.82) is 0 Å². The maximum Gasteiger partial charge on any atom is 0.326 e. The van der Waals surface area contributed by atoms with Crippen molar-refractivity contribution in [3.05, 3.63) is 0 Å². The summed E-state index contributed by atoms with van der Waals surface area (Å²) in [7, 11) is 2.78. The minimum absolute atomic E-state index is 0.249. The summed E-state index contributed by atoms with van der Waals surface area (Å²) in [5.41, 5.74) is 0. The zero-order valence-corrected chi connectivity index (χ0v) is 12.3. The molecule has 2 amide bonds. The minimum Gasteiger partial charge on any atom is -0.480 e. The Morgan fingerprint density at radius 1 is 1.38 bits per heavy atom. The highest BCUT2D eigenvalue weighted by molar-refractivity contribution is 5.86. The number of amides is 2. The highest BCUT2D eigenvalue weighted by Crippen LogP contribution is 2.16. The third-order valence-corrected chi connectivity index (χ3v) is 3.40. The number of nitrogens with one attached hydrogen (secondary N) is 1. The summed E-state index contributed by atoms with van der Waals surface area (Å²) in [6.45, 7) is 1.65. The Hall–Kier alpha value is -1.83. The number of rotatable bonds is 6. The highest BCUT2D eigenvalue weighted by atomic mass is 16.5. The second-order valence-electron chi connectivity index (χ2n) is 5.03. The first-order chi connectivity index (χ1) is 9.97. The number of esters is 1. The van der Waals surface area contributed by atoms with Gasteiger partial charge in [-0.15, -0.1) is 0 Å². The normalized spacial score (nSPS) is 19.7. The summed E-state index contributed by atoms with van der Waals surface area (Å²) in [5, 5.41) is 11.4. The van der Waals surface area contributed by atoms with Crippen LogP contribution in [-0.2, 0) is 19.1 Å². The lowest BCUT2D eigenvalue weighted by molar-refractivity contribution is -0.147. The van der Waals surface area contributed by atoms with Gasteiger partial charge in [0.15, 0.2) is 0 Å². The van der Waals surface area contributed by atoms with Crippen molar-refractivity contribution in [2.24, 2.45) is 5.92 Å². The van der Waals surface area contributed by atoms with Crippen molar-refractivity contribution >= 4 is 18.0 Å². The smallest absolute Gasteiger partial charge is 0.326 e. The lowest BCUT2D eigenvalue weighted by atomic mass is 9.99. The first-order valence-electron chi connectivity index (χ1n) is 6.82. The molecule has 1 unspecified atom stereocenters. The predicted molar refractivity (Wildman–Crippen MR) is 72.8 cm³/mol. The molecule has 0 bridgehead atoms. The molecule has 0 saturated carbocycles. The topological polar surface area (TPSA) is 105 Å².